The van der Waals surface area contributed by atoms with E-state index in [1.807, 2.05) is 6.08 Å². The summed E-state index contributed by atoms with van der Waals surface area (Å²) in [5, 5.41) is 0. The van der Waals surface area contributed by atoms with Crippen molar-refractivity contribution in [3.8, 4) is 0 Å². The van der Waals surface area contributed by atoms with E-state index in [4.69, 9.17) is 21.1 Å². The van der Waals surface area contributed by atoms with E-state index in [0.717, 1.165) is 45.7 Å². The smallest absolute Gasteiger partial charge is 0.170 e. The van der Waals surface area contributed by atoms with Gasteiger partial charge in [-0.3, -0.25) is 4.90 Å². The van der Waals surface area contributed by atoms with Gasteiger partial charge in [0.2, 0.25) is 0 Å². The second-order valence-corrected chi connectivity index (χ2v) is 4.02. The Labute approximate surface area is 89.6 Å². The molecule has 0 unspecified atom stereocenters. The van der Waals surface area contributed by atoms with Crippen LogP contribution in [-0.4, -0.2) is 43.5 Å². The Balaban J connectivity index is 1.79. The highest BCUT2D eigenvalue weighted by Gasteiger charge is 2.39. The molecule has 0 aromatic carbocycles. The van der Waals surface area contributed by atoms with E-state index in [-0.39, 0.29) is 5.79 Å². The molecule has 14 heavy (non-hydrogen) atoms. The minimum atomic E-state index is -0.249. The molecule has 0 bridgehead atoms. The normalized spacial score (nSPS) is 27.8. The molecule has 0 aromatic heterocycles. The van der Waals surface area contributed by atoms with Gasteiger partial charge in [0.25, 0.3) is 0 Å². The molecule has 3 nitrogen and oxygen atoms in total. The average molecular weight is 218 g/mol. The lowest BCUT2D eigenvalue weighted by atomic mass is 10.0. The molecule has 2 aliphatic rings. The maximum atomic E-state index is 5.64. The summed E-state index contributed by atoms with van der Waals surface area (Å²) in [4.78, 5) is 2.36. The summed E-state index contributed by atoms with van der Waals surface area (Å²) >= 11 is 5.48. The van der Waals surface area contributed by atoms with Crippen molar-refractivity contribution in [1.82, 2.24) is 4.90 Å². The lowest BCUT2D eigenvalue weighted by Gasteiger charge is -2.37. The third kappa shape index (κ3) is 2.28. The van der Waals surface area contributed by atoms with E-state index < -0.39 is 0 Å². The standard InChI is InChI=1S/C10H16ClNO2/c11-4-1-5-12-6-2-10(3-7-12)13-8-9-14-10/h1,4H,2-3,5-9H2/b4-1+. The lowest BCUT2D eigenvalue weighted by Crippen LogP contribution is -2.45. The third-order valence-corrected chi connectivity index (χ3v) is 3.06. The molecule has 4 heteroatoms. The molecule has 0 saturated carbocycles. The maximum absolute atomic E-state index is 5.64. The molecule has 0 aliphatic carbocycles. The SMILES string of the molecule is Cl/C=C/CN1CCC2(CC1)OCCO2. The van der Waals surface area contributed by atoms with Crippen LogP contribution in [0.3, 0.4) is 0 Å². The van der Waals surface area contributed by atoms with Gasteiger partial charge < -0.3 is 9.47 Å². The number of nitrogens with zero attached hydrogens (tertiary/aromatic N) is 1. The highest BCUT2D eigenvalue weighted by Crippen LogP contribution is 2.30. The van der Waals surface area contributed by atoms with Crippen molar-refractivity contribution >= 4 is 11.6 Å². The fourth-order valence-electron chi connectivity index (χ4n) is 2.05. The number of hydrogen-bond acceptors (Lipinski definition) is 3. The highest BCUT2D eigenvalue weighted by atomic mass is 35.5. The van der Waals surface area contributed by atoms with Crippen LogP contribution < -0.4 is 0 Å². The zero-order valence-corrected chi connectivity index (χ0v) is 9.00. The number of piperidine rings is 1. The topological polar surface area (TPSA) is 21.7 Å². The van der Waals surface area contributed by atoms with Crippen molar-refractivity contribution in [2.75, 3.05) is 32.8 Å². The molecule has 2 heterocycles. The zero-order chi connectivity index (χ0) is 9.86. The molecule has 2 saturated heterocycles. The number of ether oxygens (including phenoxy) is 2. The summed E-state index contributed by atoms with van der Waals surface area (Å²) in [6.45, 7) is 4.49. The Hall–Kier alpha value is -0.0900. The van der Waals surface area contributed by atoms with Crippen LogP contribution in [0.15, 0.2) is 11.6 Å². The van der Waals surface area contributed by atoms with Crippen molar-refractivity contribution in [1.29, 1.82) is 0 Å². The Kier molecular flexibility index (Phi) is 3.44. The molecular formula is C10H16ClNO2. The van der Waals surface area contributed by atoms with E-state index in [2.05, 4.69) is 4.90 Å². The Bertz CT molecular complexity index is 204. The molecule has 0 atom stereocenters. The molecule has 2 rings (SSSR count). The Morgan fingerprint density at radius 1 is 1.21 bits per heavy atom. The zero-order valence-electron chi connectivity index (χ0n) is 8.25. The molecule has 80 valence electrons. The summed E-state index contributed by atoms with van der Waals surface area (Å²) in [5.41, 5.74) is 1.58. The van der Waals surface area contributed by atoms with Gasteiger partial charge in [-0.25, -0.2) is 0 Å². The van der Waals surface area contributed by atoms with Crippen LogP contribution in [0, 0.1) is 0 Å². The Morgan fingerprint density at radius 3 is 2.43 bits per heavy atom. The summed E-state index contributed by atoms with van der Waals surface area (Å²) in [6.07, 6.45) is 3.92. The predicted molar refractivity (Wildman–Crippen MR) is 55.3 cm³/mol. The van der Waals surface area contributed by atoms with E-state index in [1.165, 1.54) is 0 Å². The highest BCUT2D eigenvalue weighted by molar-refractivity contribution is 6.25. The Morgan fingerprint density at radius 2 is 1.86 bits per heavy atom. The minimum Gasteiger partial charge on any atom is -0.347 e. The third-order valence-electron chi connectivity index (χ3n) is 2.88. The molecule has 0 amide bonds. The van der Waals surface area contributed by atoms with Gasteiger partial charge in [0.1, 0.15) is 0 Å². The van der Waals surface area contributed by atoms with Crippen LogP contribution in [-0.2, 0) is 9.47 Å². The van der Waals surface area contributed by atoms with E-state index in [9.17, 15) is 0 Å². The van der Waals surface area contributed by atoms with E-state index >= 15 is 0 Å². The van der Waals surface area contributed by atoms with Crippen molar-refractivity contribution in [3.05, 3.63) is 11.6 Å². The fraction of sp³-hybridized carbons (Fsp3) is 0.800. The number of halogens is 1. The molecule has 0 radical (unpaired) electrons. The first-order valence-corrected chi connectivity index (χ1v) is 5.54. The second-order valence-electron chi connectivity index (χ2n) is 3.77. The summed E-state index contributed by atoms with van der Waals surface area (Å²) < 4.78 is 11.3. The number of rotatable bonds is 2. The molecular weight excluding hydrogens is 202 g/mol. The molecule has 0 aromatic rings. The summed E-state index contributed by atoms with van der Waals surface area (Å²) in [7, 11) is 0. The second kappa shape index (κ2) is 4.62. The van der Waals surface area contributed by atoms with E-state index in [0.29, 0.717) is 0 Å². The molecule has 2 fully saturated rings. The van der Waals surface area contributed by atoms with E-state index in [1.54, 1.807) is 5.54 Å². The first-order valence-electron chi connectivity index (χ1n) is 5.10. The van der Waals surface area contributed by atoms with Crippen LogP contribution in [0.1, 0.15) is 12.8 Å². The van der Waals surface area contributed by atoms with Gasteiger partial charge in [-0.1, -0.05) is 17.7 Å². The maximum Gasteiger partial charge on any atom is 0.170 e. The molecule has 0 N–H and O–H groups in total. The first kappa shape index (κ1) is 10.4. The van der Waals surface area contributed by atoms with Crippen LogP contribution in [0.4, 0.5) is 0 Å². The predicted octanol–water partition coefficient (Wildman–Crippen LogP) is 1.58. The molecule has 1 spiro atoms. The largest absolute Gasteiger partial charge is 0.347 e. The summed E-state index contributed by atoms with van der Waals surface area (Å²) in [6, 6.07) is 0. The van der Waals surface area contributed by atoms with Crippen molar-refractivity contribution in [3.63, 3.8) is 0 Å². The van der Waals surface area contributed by atoms with Crippen molar-refractivity contribution in [2.45, 2.75) is 18.6 Å². The van der Waals surface area contributed by atoms with Crippen LogP contribution in [0.5, 0.6) is 0 Å². The van der Waals surface area contributed by atoms with Crippen molar-refractivity contribution in [2.24, 2.45) is 0 Å². The quantitative estimate of drug-likeness (QED) is 0.701. The van der Waals surface area contributed by atoms with Crippen molar-refractivity contribution < 1.29 is 9.47 Å². The van der Waals surface area contributed by atoms with Gasteiger partial charge in [0.15, 0.2) is 5.79 Å². The fourth-order valence-corrected chi connectivity index (χ4v) is 2.13. The van der Waals surface area contributed by atoms with Crippen LogP contribution in [0.25, 0.3) is 0 Å². The minimum absolute atomic E-state index is 0.249. The number of hydrogen-bond donors (Lipinski definition) is 0. The van der Waals surface area contributed by atoms with Gasteiger partial charge in [0, 0.05) is 38.0 Å². The molecule has 2 aliphatic heterocycles. The van der Waals surface area contributed by atoms with Gasteiger partial charge in [-0.2, -0.15) is 0 Å². The summed E-state index contributed by atoms with van der Waals surface area (Å²) in [5.74, 6) is -0.249. The van der Waals surface area contributed by atoms with Gasteiger partial charge >= 0.3 is 0 Å². The number of likely N-dealkylation sites (tertiary alicyclic amines) is 1. The first-order chi connectivity index (χ1) is 6.85. The average Bonchev–Trinajstić information content (AvgIpc) is 2.66. The van der Waals surface area contributed by atoms with Gasteiger partial charge in [-0.15, -0.1) is 0 Å². The van der Waals surface area contributed by atoms with Gasteiger partial charge in [0.05, 0.1) is 13.2 Å². The monoisotopic (exact) mass is 217 g/mol. The van der Waals surface area contributed by atoms with Gasteiger partial charge in [-0.05, 0) is 0 Å². The van der Waals surface area contributed by atoms with Crippen LogP contribution >= 0.6 is 11.6 Å². The lowest BCUT2D eigenvalue weighted by molar-refractivity contribution is -0.184. The van der Waals surface area contributed by atoms with Crippen LogP contribution in [0.2, 0.25) is 0 Å².